The minimum atomic E-state index is -0.861. The van der Waals surface area contributed by atoms with Crippen molar-refractivity contribution in [1.29, 1.82) is 0 Å². The smallest absolute Gasteiger partial charge is 0.307 e. The molecule has 2 aliphatic rings. The van der Waals surface area contributed by atoms with Gasteiger partial charge in [0.2, 0.25) is 5.91 Å². The zero-order valence-corrected chi connectivity index (χ0v) is 19.7. The number of hydrogen-bond donors (Lipinski definition) is 2. The standard InChI is InChI=1S/C28H35NO4/c1-3-33-26-10-6-9-22(18(26)2)23-16-15-21(17-20(23)14-13-19-11-12-19)29-27(30)24-7-4-5-8-25(24)28(31)32/h6,9-10,15-17,19,24-25H,3-5,7-8,11-14H2,1-2H3,(H,29,30)(H,31,32)/t24?,25-/m1/s1. The van der Waals surface area contributed by atoms with Crippen LogP contribution < -0.4 is 10.1 Å². The highest BCUT2D eigenvalue weighted by atomic mass is 16.5. The summed E-state index contributed by atoms with van der Waals surface area (Å²) in [5.74, 6) is -0.368. The summed E-state index contributed by atoms with van der Waals surface area (Å²) in [6.45, 7) is 4.71. The Morgan fingerprint density at radius 3 is 2.48 bits per heavy atom. The molecule has 0 aromatic heterocycles. The van der Waals surface area contributed by atoms with Crippen LogP contribution in [0.4, 0.5) is 5.69 Å². The lowest BCUT2D eigenvalue weighted by atomic mass is 9.78. The van der Waals surface area contributed by atoms with E-state index >= 15 is 0 Å². The van der Waals surface area contributed by atoms with Crippen molar-refractivity contribution in [2.45, 2.75) is 65.2 Å². The summed E-state index contributed by atoms with van der Waals surface area (Å²) in [6.07, 6.45) is 7.73. The Labute approximate surface area is 196 Å². The number of carbonyl (C=O) groups excluding carboxylic acids is 1. The maximum absolute atomic E-state index is 13.0. The zero-order valence-electron chi connectivity index (χ0n) is 19.7. The lowest BCUT2D eigenvalue weighted by Crippen LogP contribution is -2.36. The van der Waals surface area contributed by atoms with Crippen LogP contribution in [0.25, 0.3) is 11.1 Å². The molecular formula is C28H35NO4. The van der Waals surface area contributed by atoms with Gasteiger partial charge >= 0.3 is 5.97 Å². The first-order valence-electron chi connectivity index (χ1n) is 12.4. The second-order valence-corrected chi connectivity index (χ2v) is 9.54. The van der Waals surface area contributed by atoms with Crippen LogP contribution in [0, 0.1) is 24.7 Å². The van der Waals surface area contributed by atoms with E-state index in [0.29, 0.717) is 19.4 Å². The molecule has 0 aliphatic heterocycles. The van der Waals surface area contributed by atoms with Gasteiger partial charge in [0, 0.05) is 5.69 Å². The summed E-state index contributed by atoms with van der Waals surface area (Å²) in [6, 6.07) is 12.3. The SMILES string of the molecule is CCOc1cccc(-c2ccc(NC(=O)C3CCCC[C@H]3C(=O)O)cc2CCC2CC2)c1C. The number of amides is 1. The highest BCUT2D eigenvalue weighted by Gasteiger charge is 2.35. The van der Waals surface area contributed by atoms with Gasteiger partial charge in [-0.2, -0.15) is 0 Å². The van der Waals surface area contributed by atoms with E-state index in [4.69, 9.17) is 4.74 Å². The van der Waals surface area contributed by atoms with Crippen molar-refractivity contribution < 1.29 is 19.4 Å². The largest absolute Gasteiger partial charge is 0.494 e. The van der Waals surface area contributed by atoms with Crippen molar-refractivity contribution in [2.75, 3.05) is 11.9 Å². The number of nitrogens with one attached hydrogen (secondary N) is 1. The number of carbonyl (C=O) groups is 2. The molecule has 0 saturated heterocycles. The minimum absolute atomic E-state index is 0.169. The van der Waals surface area contributed by atoms with E-state index in [1.54, 1.807) is 0 Å². The predicted octanol–water partition coefficient (Wildman–Crippen LogP) is 6.23. The van der Waals surface area contributed by atoms with Gasteiger partial charge in [0.15, 0.2) is 0 Å². The number of aryl methyl sites for hydroxylation is 1. The second kappa shape index (κ2) is 10.4. The molecule has 176 valence electrons. The summed E-state index contributed by atoms with van der Waals surface area (Å²) in [4.78, 5) is 24.7. The van der Waals surface area contributed by atoms with Crippen molar-refractivity contribution in [3.63, 3.8) is 0 Å². The highest BCUT2D eigenvalue weighted by molar-refractivity contribution is 5.95. The number of rotatable bonds is 9. The quantitative estimate of drug-likeness (QED) is 0.476. The van der Waals surface area contributed by atoms with Crippen LogP contribution in [0.2, 0.25) is 0 Å². The van der Waals surface area contributed by atoms with Gasteiger partial charge in [-0.1, -0.05) is 43.9 Å². The fraction of sp³-hybridized carbons (Fsp3) is 0.500. The third-order valence-corrected chi connectivity index (χ3v) is 7.19. The third-order valence-electron chi connectivity index (χ3n) is 7.19. The minimum Gasteiger partial charge on any atom is -0.494 e. The lowest BCUT2D eigenvalue weighted by molar-refractivity contribution is -0.147. The fourth-order valence-electron chi connectivity index (χ4n) is 5.10. The molecule has 2 aliphatic carbocycles. The molecule has 33 heavy (non-hydrogen) atoms. The number of benzene rings is 2. The monoisotopic (exact) mass is 449 g/mol. The van der Waals surface area contributed by atoms with Crippen LogP contribution in [0.15, 0.2) is 36.4 Å². The van der Waals surface area contributed by atoms with Crippen LogP contribution in [0.1, 0.15) is 63.0 Å². The Morgan fingerprint density at radius 2 is 1.79 bits per heavy atom. The van der Waals surface area contributed by atoms with Gasteiger partial charge in [0.25, 0.3) is 0 Å². The molecule has 4 rings (SSSR count). The average Bonchev–Trinajstić information content (AvgIpc) is 3.64. The topological polar surface area (TPSA) is 75.6 Å². The molecule has 5 heteroatoms. The Kier molecular flexibility index (Phi) is 7.36. The predicted molar refractivity (Wildman–Crippen MR) is 131 cm³/mol. The molecule has 1 amide bonds. The van der Waals surface area contributed by atoms with Gasteiger partial charge in [-0.15, -0.1) is 0 Å². The van der Waals surface area contributed by atoms with E-state index in [0.717, 1.165) is 54.2 Å². The van der Waals surface area contributed by atoms with E-state index in [9.17, 15) is 14.7 Å². The molecule has 0 spiro atoms. The van der Waals surface area contributed by atoms with E-state index < -0.39 is 17.8 Å². The van der Waals surface area contributed by atoms with E-state index in [-0.39, 0.29) is 5.91 Å². The van der Waals surface area contributed by atoms with Gasteiger partial charge < -0.3 is 15.2 Å². The normalized spacial score (nSPS) is 20.3. The first-order chi connectivity index (χ1) is 16.0. The maximum atomic E-state index is 13.0. The van der Waals surface area contributed by atoms with Crippen molar-refractivity contribution in [2.24, 2.45) is 17.8 Å². The van der Waals surface area contributed by atoms with E-state index in [1.165, 1.54) is 24.0 Å². The first-order valence-corrected chi connectivity index (χ1v) is 12.4. The van der Waals surface area contributed by atoms with Crippen molar-refractivity contribution in [1.82, 2.24) is 0 Å². The summed E-state index contributed by atoms with van der Waals surface area (Å²) < 4.78 is 5.81. The molecule has 2 aromatic rings. The Bertz CT molecular complexity index is 1010. The molecule has 2 atom stereocenters. The fourth-order valence-corrected chi connectivity index (χ4v) is 5.10. The summed E-state index contributed by atoms with van der Waals surface area (Å²) in [7, 11) is 0. The number of ether oxygens (including phenoxy) is 1. The number of aliphatic carboxylic acids is 1. The van der Waals surface area contributed by atoms with Crippen molar-refractivity contribution >= 4 is 17.6 Å². The van der Waals surface area contributed by atoms with Crippen LogP contribution in [0.3, 0.4) is 0 Å². The molecule has 2 fully saturated rings. The van der Waals surface area contributed by atoms with Crippen molar-refractivity contribution in [3.8, 4) is 16.9 Å². The van der Waals surface area contributed by atoms with Crippen LogP contribution in [0.5, 0.6) is 5.75 Å². The molecule has 0 bridgehead atoms. The van der Waals surface area contributed by atoms with Gasteiger partial charge in [-0.05, 0) is 85.9 Å². The van der Waals surface area contributed by atoms with Crippen LogP contribution >= 0.6 is 0 Å². The number of carboxylic acids is 1. The molecule has 2 N–H and O–H groups in total. The Hall–Kier alpha value is -2.82. The van der Waals surface area contributed by atoms with Gasteiger partial charge in [0.05, 0.1) is 18.4 Å². The highest BCUT2D eigenvalue weighted by Crippen LogP contribution is 2.38. The molecule has 2 aromatic carbocycles. The molecule has 1 unspecified atom stereocenters. The average molecular weight is 450 g/mol. The Balaban J connectivity index is 1.60. The van der Waals surface area contributed by atoms with Gasteiger partial charge in [-0.3, -0.25) is 9.59 Å². The molecule has 5 nitrogen and oxygen atoms in total. The summed E-state index contributed by atoms with van der Waals surface area (Å²) in [5, 5.41) is 12.6. The summed E-state index contributed by atoms with van der Waals surface area (Å²) >= 11 is 0. The number of hydrogen-bond acceptors (Lipinski definition) is 3. The maximum Gasteiger partial charge on any atom is 0.307 e. The lowest BCUT2D eigenvalue weighted by Gasteiger charge is -2.27. The molecule has 0 radical (unpaired) electrons. The second-order valence-electron chi connectivity index (χ2n) is 9.54. The van der Waals surface area contributed by atoms with Crippen LogP contribution in [-0.4, -0.2) is 23.6 Å². The Morgan fingerprint density at radius 1 is 1.03 bits per heavy atom. The van der Waals surface area contributed by atoms with Crippen LogP contribution in [-0.2, 0) is 16.0 Å². The molecule has 0 heterocycles. The van der Waals surface area contributed by atoms with E-state index in [1.807, 2.05) is 25.1 Å². The first kappa shape index (κ1) is 23.3. The number of carboxylic acid groups (broad SMARTS) is 1. The van der Waals surface area contributed by atoms with Gasteiger partial charge in [-0.25, -0.2) is 0 Å². The summed E-state index contributed by atoms with van der Waals surface area (Å²) in [5.41, 5.74) is 5.42. The third kappa shape index (κ3) is 5.58. The van der Waals surface area contributed by atoms with Crippen molar-refractivity contribution in [3.05, 3.63) is 47.5 Å². The van der Waals surface area contributed by atoms with Gasteiger partial charge in [0.1, 0.15) is 5.75 Å². The number of anilines is 1. The zero-order chi connectivity index (χ0) is 23.4. The molecular weight excluding hydrogens is 414 g/mol. The van der Waals surface area contributed by atoms with E-state index in [2.05, 4.69) is 30.4 Å². The molecule has 2 saturated carbocycles.